The number of H-pyrrole nitrogens is 1. The van der Waals surface area contributed by atoms with Gasteiger partial charge in [0.15, 0.2) is 5.11 Å². The zero-order valence-electron chi connectivity index (χ0n) is 41.5. The van der Waals surface area contributed by atoms with Crippen LogP contribution in [-0.4, -0.2) is 82.5 Å². The molecule has 9 rings (SSSR count). The van der Waals surface area contributed by atoms with Gasteiger partial charge in [-0.3, -0.25) is 19.1 Å². The molecule has 0 bridgehead atoms. The Balaban J connectivity index is 0.906. The largest absolute Gasteiger partial charge is 0.481 e. The summed E-state index contributed by atoms with van der Waals surface area (Å²) in [5, 5.41) is 19.0. The highest BCUT2D eigenvalue weighted by atomic mass is 32.2. The fraction of sp³-hybridized carbons (Fsp3) is 0.245. The van der Waals surface area contributed by atoms with Crippen LogP contribution < -0.4 is 31.0 Å². The molecule has 2 aliphatic rings. The number of nitrogens with zero attached hydrogens (tertiary/aromatic N) is 3. The van der Waals surface area contributed by atoms with Crippen molar-refractivity contribution in [3.05, 3.63) is 166 Å². The summed E-state index contributed by atoms with van der Waals surface area (Å²) < 4.78 is 72.1. The van der Waals surface area contributed by atoms with Crippen molar-refractivity contribution in [2.45, 2.75) is 86.7 Å². The number of aromatic nitrogens is 4. The number of fused-ring (bicyclic) bond motifs is 5. The number of esters is 2. The molecular weight excluding hydrogens is 1050 g/mol. The molecule has 0 saturated heterocycles. The van der Waals surface area contributed by atoms with Gasteiger partial charge in [0, 0.05) is 46.2 Å². The van der Waals surface area contributed by atoms with Crippen LogP contribution in [-0.2, 0) is 73.9 Å². The second kappa shape index (κ2) is 21.7. The van der Waals surface area contributed by atoms with Crippen molar-refractivity contribution in [2.75, 3.05) is 10.0 Å². The highest BCUT2D eigenvalue weighted by Gasteiger charge is 2.51. The number of cyclic esters (lactones) is 1. The number of carbonyl (C=O) groups excluding carboxylic acids is 3. The molecule has 7 aromatic rings. The average Bonchev–Trinajstić information content (AvgIpc) is 4.11. The van der Waals surface area contributed by atoms with Gasteiger partial charge in [-0.15, -0.1) is 0 Å². The van der Waals surface area contributed by atoms with E-state index in [-0.39, 0.29) is 69.0 Å². The smallest absolute Gasteiger partial charge is 0.355 e. The van der Waals surface area contributed by atoms with E-state index in [1.807, 2.05) is 30.3 Å². The summed E-state index contributed by atoms with van der Waals surface area (Å²) in [5.41, 5.74) is 1.24. The third-order valence-corrected chi connectivity index (χ3v) is 16.2. The lowest BCUT2D eigenvalue weighted by Gasteiger charge is -2.37. The molecule has 1 amide bonds. The van der Waals surface area contributed by atoms with Crippen LogP contribution in [0.1, 0.15) is 67.6 Å². The van der Waals surface area contributed by atoms with E-state index in [9.17, 15) is 45.9 Å². The molecule has 24 heteroatoms. The van der Waals surface area contributed by atoms with Gasteiger partial charge >= 0.3 is 17.9 Å². The van der Waals surface area contributed by atoms with E-state index in [0.29, 0.717) is 22.6 Å². The number of rotatable bonds is 19. The fourth-order valence-electron chi connectivity index (χ4n) is 9.25. The van der Waals surface area contributed by atoms with E-state index in [1.165, 1.54) is 85.3 Å². The van der Waals surface area contributed by atoms with Gasteiger partial charge in [-0.1, -0.05) is 75.4 Å². The van der Waals surface area contributed by atoms with Crippen molar-refractivity contribution in [2.24, 2.45) is 5.92 Å². The van der Waals surface area contributed by atoms with Crippen LogP contribution in [0.25, 0.3) is 22.3 Å². The highest BCUT2D eigenvalue weighted by molar-refractivity contribution is 7.92. The van der Waals surface area contributed by atoms with Gasteiger partial charge in [-0.25, -0.2) is 41.1 Å². The van der Waals surface area contributed by atoms with Crippen LogP contribution in [0, 0.1) is 5.92 Å². The standard InChI is InChI=1S/C53H51N9O12S3/c1-4-53(40-24-44-47-33(20-31-12-8-9-19-41(31)57-47)27-62(44)49(66)39(40)28-73-51(53)68)74-50(67)46(30(2)3)59-48(65)43(23-36-26-54-29-55-36)58-52(75)56-34-14-11-18-38(22-34)77(71,72)60-35-15-10-13-32(21-35)42(25-45(63)64)61-76(69,70)37-16-6-5-7-17-37/h5-22,24,26,29-30,42-43,46,60-61H,4,23,25,27-28H2,1-3H3,(H,54,55)(H,59,65)(H,63,64)(H2,56,58,75)/t42?,43-,46+,53-/m0/s1. The summed E-state index contributed by atoms with van der Waals surface area (Å²) in [6.07, 6.45) is 2.11. The number of sulfonamides is 2. The molecule has 0 spiro atoms. The number of pyridine rings is 2. The molecule has 21 nitrogen and oxygen atoms in total. The summed E-state index contributed by atoms with van der Waals surface area (Å²) in [6.45, 7) is 4.88. The van der Waals surface area contributed by atoms with E-state index in [1.54, 1.807) is 37.5 Å². The summed E-state index contributed by atoms with van der Waals surface area (Å²) in [7, 11) is -8.53. The van der Waals surface area contributed by atoms with Crippen molar-refractivity contribution in [3.63, 3.8) is 0 Å². The maximum Gasteiger partial charge on any atom is 0.355 e. The van der Waals surface area contributed by atoms with Gasteiger partial charge in [-0.2, -0.15) is 0 Å². The second-order valence-corrected chi connectivity index (χ2v) is 22.5. The van der Waals surface area contributed by atoms with E-state index < -0.39 is 85.5 Å². The summed E-state index contributed by atoms with van der Waals surface area (Å²) >= 11 is 5.65. The number of carboxylic acids is 1. The van der Waals surface area contributed by atoms with Gasteiger partial charge in [0.25, 0.3) is 15.6 Å². The number of amides is 1. The van der Waals surface area contributed by atoms with Gasteiger partial charge in [0.05, 0.1) is 57.6 Å². The predicted octanol–water partition coefficient (Wildman–Crippen LogP) is 5.39. The number of para-hydroxylation sites is 1. The number of carboxylic acid groups (broad SMARTS) is 1. The van der Waals surface area contributed by atoms with Gasteiger partial charge in [-0.05, 0) is 90.8 Å². The number of hydrogen-bond donors (Lipinski definition) is 7. The number of imidazole rings is 1. The lowest BCUT2D eigenvalue weighted by molar-refractivity contribution is -0.191. The number of anilines is 2. The van der Waals surface area contributed by atoms with Gasteiger partial charge in [0.2, 0.25) is 21.5 Å². The first-order valence-electron chi connectivity index (χ1n) is 24.2. The average molecular weight is 1100 g/mol. The molecule has 0 aliphatic carbocycles. The zero-order valence-corrected chi connectivity index (χ0v) is 43.9. The van der Waals surface area contributed by atoms with Crippen LogP contribution in [0.15, 0.2) is 142 Å². The van der Waals surface area contributed by atoms with Crippen LogP contribution in [0.2, 0.25) is 0 Å². The molecule has 3 aromatic heterocycles. The first-order valence-corrected chi connectivity index (χ1v) is 27.6. The lowest BCUT2D eigenvalue weighted by Crippen LogP contribution is -2.56. The molecule has 1 unspecified atom stereocenters. The Hall–Kier alpha value is -8.32. The quantitative estimate of drug-likeness (QED) is 0.0395. The molecule has 5 heterocycles. The minimum atomic E-state index is -4.35. The Morgan fingerprint density at radius 3 is 2.34 bits per heavy atom. The molecule has 4 atom stereocenters. The fourth-order valence-corrected chi connectivity index (χ4v) is 11.9. The Bertz CT molecular complexity index is 3760. The predicted molar refractivity (Wildman–Crippen MR) is 286 cm³/mol. The molecule has 0 fully saturated rings. The lowest BCUT2D eigenvalue weighted by atomic mass is 9.85. The van der Waals surface area contributed by atoms with Gasteiger partial charge in [0.1, 0.15) is 18.7 Å². The number of hydrogen-bond acceptors (Lipinski definition) is 14. The Morgan fingerprint density at radius 1 is 0.883 bits per heavy atom. The Kier molecular flexibility index (Phi) is 15.1. The van der Waals surface area contributed by atoms with E-state index in [0.717, 1.165) is 10.9 Å². The summed E-state index contributed by atoms with van der Waals surface area (Å²) in [4.78, 5) is 80.3. The summed E-state index contributed by atoms with van der Waals surface area (Å²) in [5.74, 6) is -4.48. The minimum absolute atomic E-state index is 0.00781. The molecular formula is C53H51N9O12S3. The third-order valence-electron chi connectivity index (χ3n) is 13.2. The highest BCUT2D eigenvalue weighted by Crippen LogP contribution is 2.41. The first-order chi connectivity index (χ1) is 36.7. The first kappa shape index (κ1) is 53.5. The third kappa shape index (κ3) is 11.3. The topological polar surface area (TPSA) is 299 Å². The Labute approximate surface area is 446 Å². The maximum absolute atomic E-state index is 14.5. The monoisotopic (exact) mass is 1100 g/mol. The van der Waals surface area contributed by atoms with Crippen LogP contribution in [0.4, 0.5) is 11.4 Å². The molecule has 398 valence electrons. The molecule has 4 aromatic carbocycles. The Morgan fingerprint density at radius 2 is 1.61 bits per heavy atom. The SMILES string of the molecule is CC[C@@]1(OC(=O)[C@H](NC(=O)[C@H](Cc2cnc[nH]2)NC(=S)Nc2cccc(S(=O)(=O)Nc3cccc(C(CC(=O)O)NS(=O)(=O)c4ccccc4)c3)c2)C(C)C)C(=O)OCc2c1cc1n(c2=O)Cc2cc3ccccc3nc2-1. The van der Waals surface area contributed by atoms with Crippen molar-refractivity contribution in [1.82, 2.24) is 34.9 Å². The second-order valence-electron chi connectivity index (χ2n) is 18.7. The minimum Gasteiger partial charge on any atom is -0.481 e. The van der Waals surface area contributed by atoms with Crippen LogP contribution in [0.5, 0.6) is 0 Å². The van der Waals surface area contributed by atoms with E-state index in [4.69, 9.17) is 26.7 Å². The van der Waals surface area contributed by atoms with Crippen molar-refractivity contribution >= 4 is 83.5 Å². The summed E-state index contributed by atoms with van der Waals surface area (Å²) in [6, 6.07) is 25.9. The number of benzene rings is 4. The molecule has 2 aliphatic heterocycles. The van der Waals surface area contributed by atoms with Crippen molar-refractivity contribution in [3.8, 4) is 11.4 Å². The molecule has 0 radical (unpaired) electrons. The van der Waals surface area contributed by atoms with E-state index >= 15 is 0 Å². The van der Waals surface area contributed by atoms with E-state index in [2.05, 4.69) is 35.4 Å². The normalized spacial score (nSPS) is 16.0. The van der Waals surface area contributed by atoms with Crippen molar-refractivity contribution in [1.29, 1.82) is 0 Å². The maximum atomic E-state index is 14.5. The van der Waals surface area contributed by atoms with Gasteiger partial charge < -0.3 is 40.1 Å². The van der Waals surface area contributed by atoms with Crippen molar-refractivity contribution < 1.29 is 50.6 Å². The van der Waals surface area contributed by atoms with Crippen LogP contribution >= 0.6 is 12.2 Å². The number of aromatic amines is 1. The molecule has 77 heavy (non-hydrogen) atoms. The molecule has 0 saturated carbocycles. The molecule has 7 N–H and O–H groups in total. The number of thiocarbonyl (C=S) groups is 1. The number of ether oxygens (including phenoxy) is 2. The number of aliphatic carboxylic acids is 1. The van der Waals surface area contributed by atoms with Crippen LogP contribution in [0.3, 0.4) is 0 Å². The zero-order chi connectivity index (χ0) is 54.8. The number of nitrogens with one attached hydrogen (secondary N) is 6. The number of carbonyl (C=O) groups is 4.